The molecule has 1 saturated carbocycles. The zero-order valence-electron chi connectivity index (χ0n) is 11.1. The Balaban J connectivity index is 0.00000162. The van der Waals surface area contributed by atoms with Gasteiger partial charge in [0.25, 0.3) is 0 Å². The predicted octanol–water partition coefficient (Wildman–Crippen LogP) is 1.34. The molecule has 1 heterocycles. The van der Waals surface area contributed by atoms with Crippen molar-refractivity contribution in [3.63, 3.8) is 0 Å². The van der Waals surface area contributed by atoms with E-state index in [-0.39, 0.29) is 24.2 Å². The quantitative estimate of drug-likeness (QED) is 0.720. The summed E-state index contributed by atoms with van der Waals surface area (Å²) < 4.78 is 5.71. The van der Waals surface area contributed by atoms with Gasteiger partial charge in [0.15, 0.2) is 0 Å². The van der Waals surface area contributed by atoms with Crippen molar-refractivity contribution in [3.05, 3.63) is 0 Å². The Hall–Kier alpha value is -0.320. The Kier molecular flexibility index (Phi) is 6.97. The van der Waals surface area contributed by atoms with Gasteiger partial charge in [0.1, 0.15) is 0 Å². The Bertz CT molecular complexity index is 253. The summed E-state index contributed by atoms with van der Waals surface area (Å²) in [6, 6.07) is 0. The lowest BCUT2D eigenvalue weighted by atomic mass is 9.88. The van der Waals surface area contributed by atoms with Crippen LogP contribution >= 0.6 is 12.4 Å². The molecule has 1 unspecified atom stereocenters. The summed E-state index contributed by atoms with van der Waals surface area (Å²) in [5.74, 6) is 0.819. The monoisotopic (exact) mass is 276 g/mol. The molecule has 1 amide bonds. The van der Waals surface area contributed by atoms with Crippen LogP contribution in [0.3, 0.4) is 0 Å². The summed E-state index contributed by atoms with van der Waals surface area (Å²) in [7, 11) is 0. The molecule has 1 aliphatic heterocycles. The summed E-state index contributed by atoms with van der Waals surface area (Å²) in [5.41, 5.74) is 0. The van der Waals surface area contributed by atoms with Crippen LogP contribution in [0.4, 0.5) is 0 Å². The van der Waals surface area contributed by atoms with E-state index in [2.05, 4.69) is 10.6 Å². The van der Waals surface area contributed by atoms with Crippen molar-refractivity contribution in [2.24, 2.45) is 11.8 Å². The second-order valence-corrected chi connectivity index (χ2v) is 5.28. The van der Waals surface area contributed by atoms with Crippen LogP contribution in [-0.4, -0.2) is 38.3 Å². The number of ether oxygens (including phenoxy) is 1. The molecule has 0 bridgehead atoms. The maximum atomic E-state index is 11.8. The van der Waals surface area contributed by atoms with Crippen molar-refractivity contribution < 1.29 is 9.53 Å². The van der Waals surface area contributed by atoms with Gasteiger partial charge in [-0.25, -0.2) is 0 Å². The number of carbonyl (C=O) groups is 1. The standard InChI is InChI=1S/C13H24N2O2.ClH/c1-10(11-8-14-9-11)13(16)15-6-7-17-12-4-2-3-5-12;/h10-12,14H,2-9H2,1H3,(H,15,16);1H. The Labute approximate surface area is 116 Å². The van der Waals surface area contributed by atoms with Crippen molar-refractivity contribution >= 4 is 18.3 Å². The lowest BCUT2D eigenvalue weighted by Crippen LogP contribution is -2.49. The van der Waals surface area contributed by atoms with E-state index in [1.54, 1.807) is 0 Å². The third-order valence-corrected chi connectivity index (χ3v) is 3.99. The van der Waals surface area contributed by atoms with E-state index in [4.69, 9.17) is 4.74 Å². The molecule has 0 aromatic rings. The summed E-state index contributed by atoms with van der Waals surface area (Å²) >= 11 is 0. The van der Waals surface area contributed by atoms with Gasteiger partial charge >= 0.3 is 0 Å². The summed E-state index contributed by atoms with van der Waals surface area (Å²) in [6.45, 7) is 5.28. The van der Waals surface area contributed by atoms with Crippen molar-refractivity contribution in [2.75, 3.05) is 26.2 Å². The average molecular weight is 277 g/mol. The van der Waals surface area contributed by atoms with Crippen LogP contribution in [0.25, 0.3) is 0 Å². The molecule has 0 spiro atoms. The lowest BCUT2D eigenvalue weighted by Gasteiger charge is -2.31. The number of amides is 1. The highest BCUT2D eigenvalue weighted by molar-refractivity contribution is 5.85. The van der Waals surface area contributed by atoms with E-state index in [0.29, 0.717) is 25.2 Å². The average Bonchev–Trinajstić information content (AvgIpc) is 2.74. The largest absolute Gasteiger partial charge is 0.376 e. The number of nitrogens with one attached hydrogen (secondary N) is 2. The Morgan fingerprint density at radius 2 is 2.06 bits per heavy atom. The zero-order valence-corrected chi connectivity index (χ0v) is 11.9. The van der Waals surface area contributed by atoms with Crippen LogP contribution in [0, 0.1) is 11.8 Å². The van der Waals surface area contributed by atoms with Gasteiger partial charge in [-0.05, 0) is 31.8 Å². The summed E-state index contributed by atoms with van der Waals surface area (Å²) in [5, 5.41) is 6.16. The van der Waals surface area contributed by atoms with Gasteiger partial charge < -0.3 is 15.4 Å². The Morgan fingerprint density at radius 3 is 2.61 bits per heavy atom. The predicted molar refractivity (Wildman–Crippen MR) is 74.0 cm³/mol. The number of hydrogen-bond acceptors (Lipinski definition) is 3. The fourth-order valence-corrected chi connectivity index (χ4v) is 2.49. The summed E-state index contributed by atoms with van der Waals surface area (Å²) in [6.07, 6.45) is 5.42. The molecule has 0 radical (unpaired) electrons. The fourth-order valence-electron chi connectivity index (χ4n) is 2.49. The van der Waals surface area contributed by atoms with E-state index in [0.717, 1.165) is 13.1 Å². The van der Waals surface area contributed by atoms with Crippen LogP contribution in [0.5, 0.6) is 0 Å². The molecular formula is C13H25ClN2O2. The molecule has 4 nitrogen and oxygen atoms in total. The van der Waals surface area contributed by atoms with Crippen molar-refractivity contribution in [1.29, 1.82) is 0 Å². The molecule has 1 saturated heterocycles. The molecule has 2 aliphatic rings. The van der Waals surface area contributed by atoms with Gasteiger partial charge in [-0.1, -0.05) is 19.8 Å². The molecule has 2 rings (SSSR count). The third kappa shape index (κ3) is 4.41. The molecule has 1 atom stereocenters. The van der Waals surface area contributed by atoms with Gasteiger partial charge in [0.05, 0.1) is 12.7 Å². The van der Waals surface area contributed by atoms with Crippen molar-refractivity contribution in [3.8, 4) is 0 Å². The molecule has 1 aliphatic carbocycles. The minimum atomic E-state index is 0. The molecule has 106 valence electrons. The van der Waals surface area contributed by atoms with E-state index >= 15 is 0 Å². The maximum Gasteiger partial charge on any atom is 0.223 e. The summed E-state index contributed by atoms with van der Waals surface area (Å²) in [4.78, 5) is 11.8. The second-order valence-electron chi connectivity index (χ2n) is 5.28. The van der Waals surface area contributed by atoms with Crippen LogP contribution in [0.2, 0.25) is 0 Å². The third-order valence-electron chi connectivity index (χ3n) is 3.99. The Morgan fingerprint density at radius 1 is 1.39 bits per heavy atom. The first-order valence-corrected chi connectivity index (χ1v) is 6.87. The van der Waals surface area contributed by atoms with Crippen LogP contribution in [0.1, 0.15) is 32.6 Å². The fraction of sp³-hybridized carbons (Fsp3) is 0.923. The van der Waals surface area contributed by atoms with Gasteiger partial charge in [-0.2, -0.15) is 0 Å². The molecule has 18 heavy (non-hydrogen) atoms. The highest BCUT2D eigenvalue weighted by Crippen LogP contribution is 2.20. The number of carbonyl (C=O) groups excluding carboxylic acids is 1. The first kappa shape index (κ1) is 15.7. The number of rotatable bonds is 6. The first-order chi connectivity index (χ1) is 8.27. The number of hydrogen-bond donors (Lipinski definition) is 2. The molecule has 0 aromatic carbocycles. The van der Waals surface area contributed by atoms with E-state index in [1.807, 2.05) is 6.92 Å². The van der Waals surface area contributed by atoms with Crippen molar-refractivity contribution in [1.82, 2.24) is 10.6 Å². The minimum absolute atomic E-state index is 0. The van der Waals surface area contributed by atoms with Gasteiger partial charge in [-0.15, -0.1) is 12.4 Å². The van der Waals surface area contributed by atoms with Crippen LogP contribution in [-0.2, 0) is 9.53 Å². The van der Waals surface area contributed by atoms with Crippen LogP contribution in [0.15, 0.2) is 0 Å². The first-order valence-electron chi connectivity index (χ1n) is 6.87. The maximum absolute atomic E-state index is 11.8. The second kappa shape index (κ2) is 7.97. The van der Waals surface area contributed by atoms with Gasteiger partial charge in [0, 0.05) is 12.5 Å². The lowest BCUT2D eigenvalue weighted by molar-refractivity contribution is -0.127. The zero-order chi connectivity index (χ0) is 12.1. The van der Waals surface area contributed by atoms with E-state index < -0.39 is 0 Å². The smallest absolute Gasteiger partial charge is 0.223 e. The van der Waals surface area contributed by atoms with Crippen LogP contribution < -0.4 is 10.6 Å². The SMILES string of the molecule is CC(C(=O)NCCOC1CCCC1)C1CNC1.Cl. The molecule has 5 heteroatoms. The van der Waals surface area contributed by atoms with Gasteiger partial charge in [-0.3, -0.25) is 4.79 Å². The van der Waals surface area contributed by atoms with E-state index in [1.165, 1.54) is 25.7 Å². The van der Waals surface area contributed by atoms with Gasteiger partial charge in [0.2, 0.25) is 5.91 Å². The molecule has 2 N–H and O–H groups in total. The van der Waals surface area contributed by atoms with Crippen molar-refractivity contribution in [2.45, 2.75) is 38.7 Å². The number of halogens is 1. The molecular weight excluding hydrogens is 252 g/mol. The molecule has 2 fully saturated rings. The highest BCUT2D eigenvalue weighted by atomic mass is 35.5. The highest BCUT2D eigenvalue weighted by Gasteiger charge is 2.28. The molecule has 0 aromatic heterocycles. The minimum Gasteiger partial charge on any atom is -0.376 e. The normalized spacial score (nSPS) is 22.1. The van der Waals surface area contributed by atoms with E-state index in [9.17, 15) is 4.79 Å². The topological polar surface area (TPSA) is 50.4 Å².